The van der Waals surface area contributed by atoms with Crippen LogP contribution in [0.1, 0.15) is 46.3 Å². The van der Waals surface area contributed by atoms with Gasteiger partial charge < -0.3 is 132 Å². The van der Waals surface area contributed by atoms with E-state index in [2.05, 4.69) is 87.1 Å². The number of ether oxygens (including phenoxy) is 3. The highest BCUT2D eigenvalue weighted by Gasteiger charge is 2.49. The number of aromatic amines is 1. The Kier molecular flexibility index (Phi) is 52.8. The molecule has 21 N–H and O–H groups in total. The number of aromatic nitrogens is 8. The van der Waals surface area contributed by atoms with Crippen molar-refractivity contribution < 1.29 is 176 Å². The molecule has 53 heteroatoms. The molecule has 0 aromatic carbocycles. The number of nitrogen functional groups attached to an aromatic ring is 2. The van der Waals surface area contributed by atoms with Crippen molar-refractivity contribution in [3.8, 4) is 74.1 Å². The van der Waals surface area contributed by atoms with E-state index in [9.17, 15) is 48.3 Å². The van der Waals surface area contributed by atoms with E-state index in [1.165, 1.54) is 31.1 Å². The van der Waals surface area contributed by atoms with Gasteiger partial charge >= 0.3 is 36.9 Å². The van der Waals surface area contributed by atoms with Crippen molar-refractivity contribution in [3.05, 3.63) is 24.8 Å². The highest BCUT2D eigenvalue weighted by atomic mass is 32.0. The first-order valence-corrected chi connectivity index (χ1v) is 32.7. The maximum atomic E-state index is 13.3. The standard InChI is InChI=1S/C12H12FN5O3.C7H11O7P.C7H10O3.C5H4FN5.C5H8O3.C5H6O3.C5H6O2.C2H4O.H3NP2.3HO4P/c1-2-12(4-19)6(20)3-7(21-12)18-5-15-8-9(14)16-11(13)17-10(8)18;1-2-7(4-8)5(9)3-6(13-7)14-15(10,11)12;1-3-7(2)5(8)4-6(9)10-7;6-5-10-3(7)2-4(11-5)9-1-8-2;2*1-2-5(8,3-6)4-7;1-3-5(2,7)4-6;1-2-3;1-3-2;3*1-4-5(2)3/h1,5-7,19-20H,3-4H2,(H2,14,16,17);1,5-6,8-9H,3-4H2,(H2,10,11,12);1,5-6,8-9H,4H2,2H3;1H,(H3,7,8,9,10,11);1,6-8H,3-4H2;1,3,7-8H,4H2;1,4,7H,2H3;2H,1H3;1H,2H2;3*1H/p-2/t6-,7+,12+;5-,6+,7+;5-,6?,7-;;;2*5-;;;;;/m000..00...../s1. The molecular formula is C48H65F2N11O34P6-2. The Balaban J connectivity index is -0.000000347. The maximum Gasteiger partial charge on any atom is 0.575 e. The van der Waals surface area contributed by atoms with Crippen molar-refractivity contribution in [1.29, 1.82) is 5.16 Å². The summed E-state index contributed by atoms with van der Waals surface area (Å²) in [6.45, 7) is 1.10. The van der Waals surface area contributed by atoms with Crippen molar-refractivity contribution in [2.75, 3.05) is 44.5 Å². The number of aldehydes is 3. The minimum atomic E-state index is -4.96. The Labute approximate surface area is 575 Å². The summed E-state index contributed by atoms with van der Waals surface area (Å²) in [5.41, 5.74) is 2.51. The molecule has 0 saturated carbocycles. The van der Waals surface area contributed by atoms with Crippen molar-refractivity contribution >= 4 is 102 Å². The molecule has 3 aliphatic rings. The number of nitrogens with two attached hydrogens (primary N) is 2. The molecule has 0 spiro atoms. The third-order valence-electron chi connectivity index (χ3n) is 10.8. The number of carbonyl (C=O) groups is 3. The van der Waals surface area contributed by atoms with Crippen LogP contribution in [0.4, 0.5) is 20.4 Å². The zero-order valence-electron chi connectivity index (χ0n) is 51.8. The second kappa shape index (κ2) is 52.0. The molecule has 3 saturated heterocycles. The third-order valence-corrected chi connectivity index (χ3v) is 11.7. The molecule has 0 radical (unpaired) electrons. The van der Waals surface area contributed by atoms with Crippen molar-refractivity contribution in [3.63, 3.8) is 0 Å². The molecule has 3 fully saturated rings. The minimum absolute atomic E-state index is 0.0741. The predicted octanol–water partition coefficient (Wildman–Crippen LogP) is -9.93. The van der Waals surface area contributed by atoms with Crippen molar-refractivity contribution in [1.82, 2.24) is 39.5 Å². The summed E-state index contributed by atoms with van der Waals surface area (Å²) < 4.78 is 91.5. The fourth-order valence-corrected chi connectivity index (χ4v) is 6.13. The molecule has 0 bridgehead atoms. The Hall–Kier alpha value is -7.09. The summed E-state index contributed by atoms with van der Waals surface area (Å²) in [5.74, 6) is 12.0. The highest BCUT2D eigenvalue weighted by molar-refractivity contribution is 7.96. The maximum absolute atomic E-state index is 13.3. The molecule has 562 valence electrons. The number of imidazole rings is 2. The number of phosphoric ester groups is 1. The largest absolute Gasteiger partial charge is 0.756 e. The number of rotatable bonds is 13. The Morgan fingerprint density at radius 1 is 0.802 bits per heavy atom. The number of aliphatic hydroxyl groups excluding tert-OH is 9. The number of terminal acetylenes is 6. The third kappa shape index (κ3) is 39.8. The topological polar surface area (TPSA) is 782 Å². The van der Waals surface area contributed by atoms with Crippen LogP contribution in [0.5, 0.6) is 0 Å². The summed E-state index contributed by atoms with van der Waals surface area (Å²) in [6.07, 6.45) is 25.4. The van der Waals surface area contributed by atoms with Crippen LogP contribution in [0.2, 0.25) is 0 Å². The number of nitrogens with one attached hydrogen (secondary N) is 2. The van der Waals surface area contributed by atoms with Gasteiger partial charge in [0.05, 0.1) is 51.8 Å². The van der Waals surface area contributed by atoms with Crippen LogP contribution >= 0.6 is 49.6 Å². The number of fused-ring (bicyclic) bond motifs is 2. The molecule has 4 aromatic heterocycles. The van der Waals surface area contributed by atoms with Crippen LogP contribution < -0.4 is 41.6 Å². The number of anilines is 2. The molecule has 4 aromatic rings. The van der Waals surface area contributed by atoms with E-state index in [1.807, 2.05) is 17.8 Å². The van der Waals surface area contributed by atoms with E-state index in [1.54, 1.807) is 12.8 Å². The fraction of sp³-hybridized carbons (Fsp3) is 0.479. The first-order valence-electron chi connectivity index (χ1n) is 25.4. The number of phosphoric acid groups is 1. The summed E-state index contributed by atoms with van der Waals surface area (Å²) >= 11 is 0. The first kappa shape index (κ1) is 103. The second-order valence-corrected chi connectivity index (χ2v) is 21.9. The molecule has 6 unspecified atom stereocenters. The van der Waals surface area contributed by atoms with Gasteiger partial charge in [-0.1, -0.05) is 44.5 Å². The van der Waals surface area contributed by atoms with Crippen LogP contribution in [-0.2, 0) is 65.4 Å². The summed E-state index contributed by atoms with van der Waals surface area (Å²) in [7, 11) is -11.4. The molecule has 7 heterocycles. The smallest absolute Gasteiger partial charge is 0.575 e. The van der Waals surface area contributed by atoms with E-state index in [0.717, 1.165) is 6.29 Å². The van der Waals surface area contributed by atoms with Gasteiger partial charge in [-0.3, -0.25) is 28.4 Å². The molecule has 7 rings (SSSR count). The monoisotopic (exact) mass is 1560 g/mol. The van der Waals surface area contributed by atoms with Gasteiger partial charge in [0.1, 0.15) is 34.9 Å². The Bertz CT molecular complexity index is 3510. The van der Waals surface area contributed by atoms with Crippen molar-refractivity contribution in [2.24, 2.45) is 0 Å². The van der Waals surface area contributed by atoms with Crippen LogP contribution in [0.15, 0.2) is 12.7 Å². The summed E-state index contributed by atoms with van der Waals surface area (Å²) in [5, 5.41) is 135. The lowest BCUT2D eigenvalue weighted by Crippen LogP contribution is -2.41. The molecule has 3 aliphatic heterocycles. The van der Waals surface area contributed by atoms with Gasteiger partial charge in [0.25, 0.3) is 7.82 Å². The number of aliphatic hydroxyl groups is 12. The second-order valence-electron chi connectivity index (χ2n) is 17.9. The molecule has 0 aliphatic carbocycles. The number of nitrogens with zero attached hydrogens (tertiary/aromatic N) is 7. The van der Waals surface area contributed by atoms with E-state index in [-0.39, 0.29) is 54.0 Å². The quantitative estimate of drug-likeness (QED) is 0.0112. The van der Waals surface area contributed by atoms with Gasteiger partial charge in [-0.15, -0.1) is 38.5 Å². The summed E-state index contributed by atoms with van der Waals surface area (Å²) in [6, 6.07) is 0. The number of hydrogen-bond donors (Lipinski definition) is 17. The van der Waals surface area contributed by atoms with Crippen LogP contribution in [-0.4, -0.2) is 227 Å². The lowest BCUT2D eigenvalue weighted by Gasteiger charge is -2.24. The number of halogens is 2. The SMILES string of the molecule is C#CC(O)(CO)CO.C#C[C@](C)(O)C=O.C#C[C@](O)(C=O)CO.C#C[C@]1(C)OC(O)C[C@@H]1O.C#C[C@]1(CO)O[C@@H](n2cnc3c(N)nc(F)nc32)C[C@@H]1O.C#C[C@]1(CO)O[C@H](OP(=O)([O-])O)C[C@@H]1O.CC=O.N=PP.Nc1nc(F)nc2nc[nH]c12.O=[P+]([O-])O[O-].O=[P+]([O-])O[O-].O=[P+]([O-])O[OH2+]. The number of H-pyrrole nitrogens is 1. The van der Waals surface area contributed by atoms with Gasteiger partial charge in [0.15, 0.2) is 81.6 Å². The average Bonchev–Trinajstić information content (AvgIpc) is 1.62. The Morgan fingerprint density at radius 2 is 1.26 bits per heavy atom. The predicted molar refractivity (Wildman–Crippen MR) is 326 cm³/mol. The van der Waals surface area contributed by atoms with Gasteiger partial charge in [-0.25, -0.2) is 24.6 Å². The van der Waals surface area contributed by atoms with E-state index in [0.29, 0.717) is 19.9 Å². The summed E-state index contributed by atoms with van der Waals surface area (Å²) in [4.78, 5) is 97.8. The first-order chi connectivity index (χ1) is 46.8. The van der Waals surface area contributed by atoms with E-state index < -0.39 is 149 Å². The molecule has 101 heavy (non-hydrogen) atoms. The van der Waals surface area contributed by atoms with E-state index >= 15 is 0 Å². The highest BCUT2D eigenvalue weighted by Crippen LogP contribution is 2.41. The number of carbonyl (C=O) groups excluding carboxylic acids is 3. The van der Waals surface area contributed by atoms with Gasteiger partial charge in [-0.2, -0.15) is 28.7 Å². The van der Waals surface area contributed by atoms with Gasteiger partial charge in [-0.05, 0) is 34.5 Å². The van der Waals surface area contributed by atoms with Gasteiger partial charge in [0, 0.05) is 27.3 Å². The van der Waals surface area contributed by atoms with Crippen molar-refractivity contribution in [2.45, 2.75) is 111 Å². The molecule has 16 atom stereocenters. The van der Waals surface area contributed by atoms with Gasteiger partial charge in [0.2, 0.25) is 5.60 Å². The van der Waals surface area contributed by atoms with Crippen LogP contribution in [0.25, 0.3) is 22.3 Å². The van der Waals surface area contributed by atoms with E-state index in [4.69, 9.17) is 151 Å². The van der Waals surface area contributed by atoms with Crippen LogP contribution in [0.3, 0.4) is 0 Å². The average molecular weight is 1560 g/mol. The normalized spacial score (nSPS) is 23.0. The lowest BCUT2D eigenvalue weighted by atomic mass is 9.99. The molecule has 0 amide bonds. The Morgan fingerprint density at radius 3 is 1.54 bits per heavy atom. The fourth-order valence-electron chi connectivity index (χ4n) is 5.70. The number of hydrogen-bond acceptors (Lipinski definition) is 41. The molecular weight excluding hydrogens is 1500 g/mol. The van der Waals surface area contributed by atoms with Crippen LogP contribution in [0, 0.1) is 91.4 Å². The zero-order chi connectivity index (χ0) is 79.9. The molecule has 45 nitrogen and oxygen atoms in total. The lowest BCUT2D eigenvalue weighted by molar-refractivity contribution is -0.644. The minimum Gasteiger partial charge on any atom is -0.756 e. The zero-order valence-corrected chi connectivity index (χ0v) is 57.4.